The van der Waals surface area contributed by atoms with Gasteiger partial charge in [-0.15, -0.1) is 0 Å². The summed E-state index contributed by atoms with van der Waals surface area (Å²) < 4.78 is 2.00. The van der Waals surface area contributed by atoms with Crippen molar-refractivity contribution in [3.05, 3.63) is 35.8 Å². The highest BCUT2D eigenvalue weighted by atomic mass is 16.3. The second kappa shape index (κ2) is 2.82. The second-order valence-corrected chi connectivity index (χ2v) is 3.89. The molecule has 0 radical (unpaired) electrons. The van der Waals surface area contributed by atoms with E-state index in [1.54, 1.807) is 0 Å². The van der Waals surface area contributed by atoms with Gasteiger partial charge in [-0.3, -0.25) is 0 Å². The first-order valence-corrected chi connectivity index (χ1v) is 4.95. The molecule has 3 heteroatoms. The van der Waals surface area contributed by atoms with Crippen LogP contribution in [-0.2, 0) is 6.61 Å². The highest BCUT2D eigenvalue weighted by Gasteiger charge is 2.23. The van der Waals surface area contributed by atoms with E-state index < -0.39 is 0 Å². The van der Waals surface area contributed by atoms with E-state index in [1.165, 1.54) is 18.4 Å². The zero-order valence-electron chi connectivity index (χ0n) is 7.85. The van der Waals surface area contributed by atoms with Gasteiger partial charge in [-0.25, -0.2) is 4.98 Å². The molecular formula is C11H12N2O. The fraction of sp³-hybridized carbons (Fsp3) is 0.364. The van der Waals surface area contributed by atoms with E-state index in [0.717, 1.165) is 17.3 Å². The van der Waals surface area contributed by atoms with Crippen LogP contribution >= 0.6 is 0 Å². The van der Waals surface area contributed by atoms with E-state index in [2.05, 4.69) is 17.2 Å². The van der Waals surface area contributed by atoms with E-state index in [9.17, 15) is 0 Å². The Balaban J connectivity index is 2.12. The van der Waals surface area contributed by atoms with Gasteiger partial charge in [0.25, 0.3) is 0 Å². The minimum absolute atomic E-state index is 0.0143. The smallest absolute Gasteiger partial charge is 0.137 e. The van der Waals surface area contributed by atoms with Gasteiger partial charge in [-0.2, -0.15) is 0 Å². The molecule has 0 spiro atoms. The highest BCUT2D eigenvalue weighted by Crippen LogP contribution is 2.39. The summed E-state index contributed by atoms with van der Waals surface area (Å²) in [5, 5.41) is 8.95. The Hall–Kier alpha value is -1.35. The van der Waals surface area contributed by atoms with Crippen LogP contribution in [0.15, 0.2) is 24.5 Å². The molecule has 1 saturated carbocycles. The first-order chi connectivity index (χ1) is 6.86. The van der Waals surface area contributed by atoms with Crippen LogP contribution in [0.1, 0.15) is 30.0 Å². The minimum atomic E-state index is 0.0143. The average molecular weight is 188 g/mol. The maximum atomic E-state index is 8.95. The monoisotopic (exact) mass is 188 g/mol. The topological polar surface area (TPSA) is 37.5 Å². The summed E-state index contributed by atoms with van der Waals surface area (Å²) in [6.45, 7) is 0.0143. The quantitative estimate of drug-likeness (QED) is 0.779. The molecule has 2 heterocycles. The predicted molar refractivity (Wildman–Crippen MR) is 53.1 cm³/mol. The van der Waals surface area contributed by atoms with Crippen molar-refractivity contribution in [2.24, 2.45) is 0 Å². The summed E-state index contributed by atoms with van der Waals surface area (Å²) in [7, 11) is 0. The molecule has 0 aromatic carbocycles. The van der Waals surface area contributed by atoms with Crippen molar-refractivity contribution in [1.29, 1.82) is 0 Å². The van der Waals surface area contributed by atoms with Gasteiger partial charge in [-0.05, 0) is 30.4 Å². The number of aliphatic hydroxyl groups excluding tert-OH is 1. The van der Waals surface area contributed by atoms with Crippen LogP contribution < -0.4 is 0 Å². The Morgan fingerprint density at radius 1 is 1.36 bits per heavy atom. The van der Waals surface area contributed by atoms with E-state index in [-0.39, 0.29) is 6.61 Å². The zero-order chi connectivity index (χ0) is 9.54. The van der Waals surface area contributed by atoms with Crippen LogP contribution in [0.3, 0.4) is 0 Å². The van der Waals surface area contributed by atoms with Crippen LogP contribution in [0.2, 0.25) is 0 Å². The van der Waals surface area contributed by atoms with Gasteiger partial charge in [-0.1, -0.05) is 6.07 Å². The fourth-order valence-electron chi connectivity index (χ4n) is 1.80. The van der Waals surface area contributed by atoms with E-state index in [1.807, 2.05) is 16.7 Å². The van der Waals surface area contributed by atoms with Crippen molar-refractivity contribution in [3.8, 4) is 0 Å². The molecule has 2 aromatic heterocycles. The normalized spacial score (nSPS) is 16.4. The lowest BCUT2D eigenvalue weighted by Gasteiger charge is -1.98. The van der Waals surface area contributed by atoms with Crippen molar-refractivity contribution in [3.63, 3.8) is 0 Å². The lowest BCUT2D eigenvalue weighted by Crippen LogP contribution is -1.86. The molecule has 72 valence electrons. The number of rotatable bonds is 2. The second-order valence-electron chi connectivity index (χ2n) is 3.89. The Labute approximate surface area is 82.0 Å². The molecule has 2 aromatic rings. The first kappa shape index (κ1) is 8.00. The van der Waals surface area contributed by atoms with Crippen LogP contribution in [0.5, 0.6) is 0 Å². The standard InChI is InChI=1S/C11H12N2O/c14-7-10-6-13-5-9(8-1-2-8)3-4-11(13)12-10/h3-6,8,14H,1-2,7H2. The predicted octanol–water partition coefficient (Wildman–Crippen LogP) is 1.70. The molecule has 0 amide bonds. The van der Waals surface area contributed by atoms with Gasteiger partial charge >= 0.3 is 0 Å². The van der Waals surface area contributed by atoms with Crippen LogP contribution in [0, 0.1) is 0 Å². The Morgan fingerprint density at radius 2 is 2.21 bits per heavy atom. The average Bonchev–Trinajstić information content (AvgIpc) is 2.97. The van der Waals surface area contributed by atoms with Crippen LogP contribution in [-0.4, -0.2) is 14.5 Å². The molecule has 3 nitrogen and oxygen atoms in total. The summed E-state index contributed by atoms with van der Waals surface area (Å²) in [4.78, 5) is 4.27. The third-order valence-electron chi connectivity index (χ3n) is 2.73. The third-order valence-corrected chi connectivity index (χ3v) is 2.73. The molecule has 1 aliphatic rings. The van der Waals surface area contributed by atoms with Crippen LogP contribution in [0.4, 0.5) is 0 Å². The van der Waals surface area contributed by atoms with E-state index in [0.29, 0.717) is 0 Å². The van der Waals surface area contributed by atoms with Gasteiger partial charge in [0.15, 0.2) is 0 Å². The molecule has 1 N–H and O–H groups in total. The maximum absolute atomic E-state index is 8.95. The number of aliphatic hydroxyl groups is 1. The summed E-state index contributed by atoms with van der Waals surface area (Å²) in [6, 6.07) is 4.16. The molecule has 3 rings (SSSR count). The molecule has 0 bridgehead atoms. The van der Waals surface area contributed by atoms with Gasteiger partial charge in [0.2, 0.25) is 0 Å². The van der Waals surface area contributed by atoms with Crippen molar-refractivity contribution in [2.75, 3.05) is 0 Å². The van der Waals surface area contributed by atoms with Gasteiger partial charge in [0.05, 0.1) is 12.3 Å². The summed E-state index contributed by atoms with van der Waals surface area (Å²) in [6.07, 6.45) is 6.64. The Bertz CT molecular complexity index is 471. The molecule has 0 atom stereocenters. The van der Waals surface area contributed by atoms with Gasteiger partial charge < -0.3 is 9.51 Å². The highest BCUT2D eigenvalue weighted by molar-refractivity contribution is 5.42. The fourth-order valence-corrected chi connectivity index (χ4v) is 1.80. The molecule has 1 fully saturated rings. The van der Waals surface area contributed by atoms with Crippen molar-refractivity contribution < 1.29 is 5.11 Å². The lowest BCUT2D eigenvalue weighted by atomic mass is 10.2. The minimum Gasteiger partial charge on any atom is -0.390 e. The van der Waals surface area contributed by atoms with E-state index >= 15 is 0 Å². The van der Waals surface area contributed by atoms with E-state index in [4.69, 9.17) is 5.11 Å². The van der Waals surface area contributed by atoms with Crippen LogP contribution in [0.25, 0.3) is 5.65 Å². The van der Waals surface area contributed by atoms with Crippen molar-refractivity contribution in [1.82, 2.24) is 9.38 Å². The molecule has 0 unspecified atom stereocenters. The molecular weight excluding hydrogens is 176 g/mol. The number of hydrogen-bond acceptors (Lipinski definition) is 2. The molecule has 0 saturated heterocycles. The number of fused-ring (bicyclic) bond motifs is 1. The van der Waals surface area contributed by atoms with Crippen molar-refractivity contribution in [2.45, 2.75) is 25.4 Å². The lowest BCUT2D eigenvalue weighted by molar-refractivity contribution is 0.277. The Kier molecular flexibility index (Phi) is 1.61. The number of pyridine rings is 1. The molecule has 0 aliphatic heterocycles. The number of imidazole rings is 1. The molecule has 1 aliphatic carbocycles. The number of aromatic nitrogens is 2. The number of nitrogens with zero attached hydrogens (tertiary/aromatic N) is 2. The largest absolute Gasteiger partial charge is 0.390 e. The van der Waals surface area contributed by atoms with Gasteiger partial charge in [0.1, 0.15) is 5.65 Å². The summed E-state index contributed by atoms with van der Waals surface area (Å²) in [5.41, 5.74) is 3.04. The Morgan fingerprint density at radius 3 is 2.93 bits per heavy atom. The maximum Gasteiger partial charge on any atom is 0.137 e. The molecule has 14 heavy (non-hydrogen) atoms. The first-order valence-electron chi connectivity index (χ1n) is 4.95. The third kappa shape index (κ3) is 1.21. The zero-order valence-corrected chi connectivity index (χ0v) is 7.85. The van der Waals surface area contributed by atoms with Crippen molar-refractivity contribution >= 4 is 5.65 Å². The summed E-state index contributed by atoms with van der Waals surface area (Å²) >= 11 is 0. The summed E-state index contributed by atoms with van der Waals surface area (Å²) in [5.74, 6) is 0.763. The number of hydrogen-bond donors (Lipinski definition) is 1. The van der Waals surface area contributed by atoms with Gasteiger partial charge in [0, 0.05) is 12.4 Å². The SMILES string of the molecule is OCc1cn2cc(C3CC3)ccc2n1.